The Morgan fingerprint density at radius 1 is 0.452 bits per heavy atom. The van der Waals surface area contributed by atoms with Gasteiger partial charge in [0.05, 0.1) is 27.4 Å². The number of rotatable bonds is 24. The van der Waals surface area contributed by atoms with Gasteiger partial charge >= 0.3 is 0 Å². The van der Waals surface area contributed by atoms with Crippen LogP contribution in [0, 0.1) is 13.8 Å². The van der Waals surface area contributed by atoms with Gasteiger partial charge in [0.15, 0.2) is 0 Å². The van der Waals surface area contributed by atoms with E-state index in [1.807, 2.05) is 0 Å². The largest absolute Gasteiger partial charge is 0.496 e. The number of benzene rings is 2. The zero-order valence-electron chi connectivity index (χ0n) is 27.8. The van der Waals surface area contributed by atoms with Crippen molar-refractivity contribution >= 4 is 12.2 Å². The van der Waals surface area contributed by atoms with Crippen LogP contribution in [0.4, 0.5) is 0 Å². The van der Waals surface area contributed by atoms with Crippen LogP contribution in [0.2, 0.25) is 0 Å². The van der Waals surface area contributed by atoms with Gasteiger partial charge in [-0.15, -0.1) is 0 Å². The van der Waals surface area contributed by atoms with E-state index in [0.29, 0.717) is 0 Å². The molecule has 2 aromatic carbocycles. The Labute approximate surface area is 258 Å². The highest BCUT2D eigenvalue weighted by Gasteiger charge is 2.11. The van der Waals surface area contributed by atoms with Gasteiger partial charge in [-0.3, -0.25) is 0 Å². The van der Waals surface area contributed by atoms with Crippen LogP contribution in [0.5, 0.6) is 23.0 Å². The monoisotopic (exact) mass is 580 g/mol. The van der Waals surface area contributed by atoms with Crippen molar-refractivity contribution in [1.82, 2.24) is 0 Å². The molecule has 2 aromatic rings. The number of hydrogen-bond acceptors (Lipinski definition) is 4. The molecule has 0 atom stereocenters. The molecule has 0 aliphatic rings. The van der Waals surface area contributed by atoms with Crippen LogP contribution in [-0.2, 0) is 0 Å². The van der Waals surface area contributed by atoms with Gasteiger partial charge in [0.1, 0.15) is 23.0 Å². The van der Waals surface area contributed by atoms with Crippen molar-refractivity contribution < 1.29 is 18.9 Å². The molecule has 0 heterocycles. The molecular formula is C38H60O4. The highest BCUT2D eigenvalue weighted by atomic mass is 16.5. The van der Waals surface area contributed by atoms with Crippen LogP contribution >= 0.6 is 0 Å². The summed E-state index contributed by atoms with van der Waals surface area (Å²) < 4.78 is 23.9. The average molecular weight is 581 g/mol. The fraction of sp³-hybridized carbons (Fsp3) is 0.632. The van der Waals surface area contributed by atoms with Crippen molar-refractivity contribution in [2.45, 2.75) is 130 Å². The zero-order valence-corrected chi connectivity index (χ0v) is 27.8. The first-order valence-corrected chi connectivity index (χ1v) is 16.8. The summed E-state index contributed by atoms with van der Waals surface area (Å²) in [4.78, 5) is 0. The van der Waals surface area contributed by atoms with Crippen LogP contribution in [0.25, 0.3) is 12.2 Å². The Morgan fingerprint density at radius 2 is 0.786 bits per heavy atom. The maximum atomic E-state index is 6.32. The van der Waals surface area contributed by atoms with Gasteiger partial charge in [0.25, 0.3) is 0 Å². The number of unbranched alkanes of at least 4 members (excludes halogenated alkanes) is 14. The van der Waals surface area contributed by atoms with Crippen molar-refractivity contribution in [2.75, 3.05) is 27.4 Å². The molecule has 0 bridgehead atoms. The Hall–Kier alpha value is -2.62. The third-order valence-corrected chi connectivity index (χ3v) is 8.01. The smallest absolute Gasteiger partial charge is 0.127 e. The molecular weight excluding hydrogens is 520 g/mol. The van der Waals surface area contributed by atoms with Gasteiger partial charge in [0, 0.05) is 11.1 Å². The third-order valence-electron chi connectivity index (χ3n) is 8.01. The molecule has 0 amide bonds. The number of methoxy groups -OCH3 is 2. The zero-order chi connectivity index (χ0) is 30.4. The summed E-state index contributed by atoms with van der Waals surface area (Å²) in [5.41, 5.74) is 4.16. The summed E-state index contributed by atoms with van der Waals surface area (Å²) in [7, 11) is 3.44. The van der Waals surface area contributed by atoms with E-state index in [9.17, 15) is 0 Å². The summed E-state index contributed by atoms with van der Waals surface area (Å²) in [6.07, 6.45) is 24.8. The van der Waals surface area contributed by atoms with Gasteiger partial charge in [-0.05, 0) is 62.1 Å². The normalized spacial score (nSPS) is 11.3. The van der Waals surface area contributed by atoms with Gasteiger partial charge in [-0.1, -0.05) is 116 Å². The van der Waals surface area contributed by atoms with E-state index in [4.69, 9.17) is 18.9 Å². The van der Waals surface area contributed by atoms with Crippen molar-refractivity contribution in [3.63, 3.8) is 0 Å². The van der Waals surface area contributed by atoms with Crippen LogP contribution in [0.15, 0.2) is 24.3 Å². The Balaban J connectivity index is 2.04. The van der Waals surface area contributed by atoms with Gasteiger partial charge < -0.3 is 18.9 Å². The standard InChI is InChI=1S/C38H60O4/c1-7-9-11-13-15-17-19-21-25-41-37-27-31(3)35(39-5)29-33(37)23-24-34-30-36(40-6)32(4)28-38(34)42-26-22-20-18-16-14-12-10-8-2/h23-24,27-30H,7-22,25-26H2,1-6H3/b24-23+. The number of aryl methyl sites for hydroxylation is 2. The molecule has 2 rings (SSSR count). The van der Waals surface area contributed by atoms with E-state index in [-0.39, 0.29) is 0 Å². The van der Waals surface area contributed by atoms with E-state index >= 15 is 0 Å². The Morgan fingerprint density at radius 3 is 1.12 bits per heavy atom. The van der Waals surface area contributed by atoms with Gasteiger partial charge in [0.2, 0.25) is 0 Å². The third kappa shape index (κ3) is 13.6. The summed E-state index contributed by atoms with van der Waals surface area (Å²) in [6.45, 7) is 10.1. The predicted octanol–water partition coefficient (Wildman–Crippen LogP) is 11.5. The first-order valence-electron chi connectivity index (χ1n) is 16.8. The first kappa shape index (κ1) is 35.6. The number of hydrogen-bond donors (Lipinski definition) is 0. The maximum absolute atomic E-state index is 6.32. The van der Waals surface area contributed by atoms with Gasteiger partial charge in [-0.2, -0.15) is 0 Å². The summed E-state index contributed by atoms with van der Waals surface area (Å²) in [5, 5.41) is 0. The molecule has 4 heteroatoms. The lowest BCUT2D eigenvalue weighted by Crippen LogP contribution is -2.01. The molecule has 0 N–H and O–H groups in total. The molecule has 0 radical (unpaired) electrons. The lowest BCUT2D eigenvalue weighted by atomic mass is 10.1. The maximum Gasteiger partial charge on any atom is 0.127 e. The SMILES string of the molecule is CCCCCCCCCCOc1cc(C)c(OC)cc1/C=C/c1cc(OC)c(C)cc1OCCCCCCCCCC. The molecule has 42 heavy (non-hydrogen) atoms. The molecule has 0 aliphatic heterocycles. The molecule has 0 spiro atoms. The second-order valence-electron chi connectivity index (χ2n) is 11.7. The molecule has 236 valence electrons. The van der Waals surface area contributed by atoms with E-state index in [1.165, 1.54) is 89.9 Å². The number of ether oxygens (including phenoxy) is 4. The van der Waals surface area contributed by atoms with Crippen molar-refractivity contribution in [3.05, 3.63) is 46.5 Å². The van der Waals surface area contributed by atoms with E-state index in [0.717, 1.165) is 71.3 Å². The quantitative estimate of drug-likeness (QED) is 0.0914. The molecule has 0 aromatic heterocycles. The molecule has 0 fully saturated rings. The van der Waals surface area contributed by atoms with Gasteiger partial charge in [-0.25, -0.2) is 0 Å². The first-order chi connectivity index (χ1) is 20.5. The van der Waals surface area contributed by atoms with E-state index < -0.39 is 0 Å². The van der Waals surface area contributed by atoms with Crippen LogP contribution < -0.4 is 18.9 Å². The summed E-state index contributed by atoms with van der Waals surface area (Å²) >= 11 is 0. The average Bonchev–Trinajstić information content (AvgIpc) is 2.99. The highest BCUT2D eigenvalue weighted by molar-refractivity contribution is 5.77. The van der Waals surface area contributed by atoms with Crippen molar-refractivity contribution in [2.24, 2.45) is 0 Å². The second kappa shape index (κ2) is 22.0. The molecule has 4 nitrogen and oxygen atoms in total. The minimum Gasteiger partial charge on any atom is -0.496 e. The van der Waals surface area contributed by atoms with Crippen molar-refractivity contribution in [1.29, 1.82) is 0 Å². The fourth-order valence-corrected chi connectivity index (χ4v) is 5.32. The molecule has 0 aliphatic carbocycles. The Kier molecular flexibility index (Phi) is 18.6. The van der Waals surface area contributed by atoms with Crippen molar-refractivity contribution in [3.8, 4) is 23.0 Å². The summed E-state index contributed by atoms with van der Waals surface area (Å²) in [6, 6.07) is 8.33. The van der Waals surface area contributed by atoms with Crippen LogP contribution in [-0.4, -0.2) is 27.4 Å². The highest BCUT2D eigenvalue weighted by Crippen LogP contribution is 2.33. The van der Waals surface area contributed by atoms with Crippen LogP contribution in [0.3, 0.4) is 0 Å². The van der Waals surface area contributed by atoms with Crippen LogP contribution in [0.1, 0.15) is 139 Å². The minimum absolute atomic E-state index is 0.729. The Bertz CT molecular complexity index is 945. The lowest BCUT2D eigenvalue weighted by Gasteiger charge is -2.15. The molecule has 0 saturated carbocycles. The fourth-order valence-electron chi connectivity index (χ4n) is 5.32. The predicted molar refractivity (Wildman–Crippen MR) is 181 cm³/mol. The summed E-state index contributed by atoms with van der Waals surface area (Å²) in [5.74, 6) is 3.52. The molecule has 0 saturated heterocycles. The second-order valence-corrected chi connectivity index (χ2v) is 11.7. The van der Waals surface area contributed by atoms with E-state index in [2.05, 4.69) is 64.1 Å². The molecule has 0 unspecified atom stereocenters. The lowest BCUT2D eigenvalue weighted by molar-refractivity contribution is 0.302. The topological polar surface area (TPSA) is 36.9 Å². The minimum atomic E-state index is 0.729. The van der Waals surface area contributed by atoms with E-state index in [1.54, 1.807) is 14.2 Å².